The Morgan fingerprint density at radius 2 is 1.84 bits per heavy atom. The molecule has 1 aromatic carbocycles. The average molecular weight is 344 g/mol. The summed E-state index contributed by atoms with van der Waals surface area (Å²) in [6.45, 7) is 1.83. The van der Waals surface area contributed by atoms with Gasteiger partial charge in [-0.25, -0.2) is 9.18 Å². The van der Waals surface area contributed by atoms with Crippen molar-refractivity contribution in [2.45, 2.75) is 13.5 Å². The van der Waals surface area contributed by atoms with Crippen molar-refractivity contribution in [1.29, 1.82) is 0 Å². The summed E-state index contributed by atoms with van der Waals surface area (Å²) in [5, 5.41) is 0. The first-order chi connectivity index (χ1) is 12.0. The molecule has 0 N–H and O–H groups in total. The highest BCUT2D eigenvalue weighted by Gasteiger charge is 2.21. The maximum Gasteiger partial charge on any atom is 0.355 e. The summed E-state index contributed by atoms with van der Waals surface area (Å²) in [7, 11) is 1.29. The molecule has 0 aliphatic carbocycles. The molecule has 0 spiro atoms. The number of nitrogens with zero attached hydrogens (tertiary/aromatic N) is 2. The third-order valence-corrected chi connectivity index (χ3v) is 3.86. The predicted molar refractivity (Wildman–Crippen MR) is 89.2 cm³/mol. The second kappa shape index (κ2) is 6.80. The van der Waals surface area contributed by atoms with E-state index in [9.17, 15) is 14.0 Å². The second-order valence-corrected chi connectivity index (χ2v) is 5.34. The summed E-state index contributed by atoms with van der Waals surface area (Å²) in [5.41, 5.74) is 2.38. The third-order valence-electron chi connectivity index (χ3n) is 3.86. The van der Waals surface area contributed by atoms with Crippen molar-refractivity contribution in [2.24, 2.45) is 0 Å². The molecule has 0 saturated carbocycles. The number of carbonyl (C=O) groups excluding carboxylic acids is 2. The number of halogens is 1. The molecule has 2 aromatic heterocycles. The normalized spacial score (nSPS) is 10.8. The number of ether oxygens (including phenoxy) is 2. The molecule has 25 heavy (non-hydrogen) atoms. The highest BCUT2D eigenvalue weighted by molar-refractivity contribution is 5.96. The number of fused-ring (bicyclic) bond motifs is 1. The van der Waals surface area contributed by atoms with Crippen LogP contribution in [0.1, 0.15) is 17.4 Å². The molecular weight excluding hydrogens is 327 g/mol. The van der Waals surface area contributed by atoms with E-state index in [0.717, 1.165) is 5.69 Å². The highest BCUT2D eigenvalue weighted by atomic mass is 19.1. The van der Waals surface area contributed by atoms with Crippen LogP contribution in [0.25, 0.3) is 16.7 Å². The second-order valence-electron chi connectivity index (χ2n) is 5.34. The van der Waals surface area contributed by atoms with Gasteiger partial charge in [0.25, 0.3) is 0 Å². The largest absolute Gasteiger partial charge is 0.468 e. The van der Waals surface area contributed by atoms with Crippen LogP contribution in [0.15, 0.2) is 42.6 Å². The highest BCUT2D eigenvalue weighted by Crippen LogP contribution is 2.25. The first-order valence-electron chi connectivity index (χ1n) is 7.75. The number of methoxy groups -OCH3 is 1. The minimum atomic E-state index is -0.520. The van der Waals surface area contributed by atoms with Crippen LogP contribution >= 0.6 is 0 Å². The Kier molecular flexibility index (Phi) is 4.56. The molecular formula is C18H17FN2O4. The van der Waals surface area contributed by atoms with Crippen molar-refractivity contribution in [3.05, 3.63) is 54.1 Å². The van der Waals surface area contributed by atoms with Gasteiger partial charge in [0, 0.05) is 11.9 Å². The molecule has 0 aliphatic rings. The van der Waals surface area contributed by atoms with Crippen molar-refractivity contribution in [2.75, 3.05) is 13.7 Å². The van der Waals surface area contributed by atoms with Gasteiger partial charge in [-0.1, -0.05) is 0 Å². The van der Waals surface area contributed by atoms with Crippen LogP contribution in [-0.2, 0) is 20.8 Å². The van der Waals surface area contributed by atoms with E-state index >= 15 is 0 Å². The van der Waals surface area contributed by atoms with Gasteiger partial charge in [-0.3, -0.25) is 4.79 Å². The molecule has 3 aromatic rings. The Morgan fingerprint density at radius 1 is 1.12 bits per heavy atom. The van der Waals surface area contributed by atoms with Crippen LogP contribution in [0.4, 0.5) is 4.39 Å². The number of esters is 2. The van der Waals surface area contributed by atoms with Gasteiger partial charge in [0.15, 0.2) is 0 Å². The topological polar surface area (TPSA) is 62.5 Å². The van der Waals surface area contributed by atoms with Crippen LogP contribution in [0, 0.1) is 5.82 Å². The first kappa shape index (κ1) is 16.8. The van der Waals surface area contributed by atoms with E-state index in [2.05, 4.69) is 0 Å². The molecule has 130 valence electrons. The standard InChI is InChI=1S/C18H17FN2O4/c1-3-25-18(23)16-10-15-14(21(16)11-17(22)24-2)8-9-20(15)13-6-4-12(19)5-7-13/h4-10H,3,11H2,1-2H3. The lowest BCUT2D eigenvalue weighted by Crippen LogP contribution is -2.17. The van der Waals surface area contributed by atoms with Gasteiger partial charge in [-0.05, 0) is 43.3 Å². The van der Waals surface area contributed by atoms with Gasteiger partial charge >= 0.3 is 11.9 Å². The van der Waals surface area contributed by atoms with Crippen LogP contribution < -0.4 is 0 Å². The lowest BCUT2D eigenvalue weighted by Gasteiger charge is -2.07. The van der Waals surface area contributed by atoms with Crippen molar-refractivity contribution in [1.82, 2.24) is 9.13 Å². The Morgan fingerprint density at radius 3 is 2.48 bits per heavy atom. The Hall–Kier alpha value is -3.09. The SMILES string of the molecule is CCOC(=O)c1cc2c(ccn2-c2ccc(F)cc2)n1CC(=O)OC. The zero-order valence-electron chi connectivity index (χ0n) is 13.9. The summed E-state index contributed by atoms with van der Waals surface area (Å²) in [6.07, 6.45) is 1.79. The van der Waals surface area contributed by atoms with E-state index in [1.54, 1.807) is 42.0 Å². The average Bonchev–Trinajstić information content (AvgIpc) is 3.16. The van der Waals surface area contributed by atoms with Gasteiger partial charge in [0.05, 0.1) is 24.8 Å². The van der Waals surface area contributed by atoms with Crippen molar-refractivity contribution < 1.29 is 23.5 Å². The summed E-state index contributed by atoms with van der Waals surface area (Å²) >= 11 is 0. The van der Waals surface area contributed by atoms with Crippen molar-refractivity contribution in [3.8, 4) is 5.69 Å². The fourth-order valence-electron chi connectivity index (χ4n) is 2.71. The van der Waals surface area contributed by atoms with Gasteiger partial charge < -0.3 is 18.6 Å². The Bertz CT molecular complexity index is 925. The molecule has 0 fully saturated rings. The van der Waals surface area contributed by atoms with E-state index in [1.165, 1.54) is 19.2 Å². The monoisotopic (exact) mass is 344 g/mol. The van der Waals surface area contributed by atoms with Gasteiger partial charge in [-0.15, -0.1) is 0 Å². The number of aromatic nitrogens is 2. The molecule has 2 heterocycles. The molecule has 0 aliphatic heterocycles. The Labute approximate surface area is 143 Å². The molecule has 0 atom stereocenters. The number of carbonyl (C=O) groups is 2. The minimum Gasteiger partial charge on any atom is -0.468 e. The van der Waals surface area contributed by atoms with Gasteiger partial charge in [-0.2, -0.15) is 0 Å². The van der Waals surface area contributed by atoms with Gasteiger partial charge in [0.1, 0.15) is 18.1 Å². The van der Waals surface area contributed by atoms with E-state index in [0.29, 0.717) is 11.0 Å². The van der Waals surface area contributed by atoms with Crippen LogP contribution in [0.2, 0.25) is 0 Å². The minimum absolute atomic E-state index is 0.110. The zero-order valence-corrected chi connectivity index (χ0v) is 13.9. The number of rotatable bonds is 5. The molecule has 0 amide bonds. The molecule has 0 radical (unpaired) electrons. The lowest BCUT2D eigenvalue weighted by molar-refractivity contribution is -0.141. The fraction of sp³-hybridized carbons (Fsp3) is 0.222. The first-order valence-corrected chi connectivity index (χ1v) is 7.75. The van der Waals surface area contributed by atoms with E-state index in [1.807, 2.05) is 4.57 Å². The van der Waals surface area contributed by atoms with Crippen LogP contribution in [-0.4, -0.2) is 34.8 Å². The number of hydrogen-bond donors (Lipinski definition) is 0. The van der Waals surface area contributed by atoms with E-state index in [4.69, 9.17) is 9.47 Å². The van der Waals surface area contributed by atoms with Gasteiger partial charge in [0.2, 0.25) is 0 Å². The smallest absolute Gasteiger partial charge is 0.355 e. The maximum atomic E-state index is 13.2. The molecule has 0 bridgehead atoms. The summed E-state index contributed by atoms with van der Waals surface area (Å²) in [5.74, 6) is -1.33. The van der Waals surface area contributed by atoms with Crippen molar-refractivity contribution in [3.63, 3.8) is 0 Å². The maximum absolute atomic E-state index is 13.2. The summed E-state index contributed by atoms with van der Waals surface area (Å²) < 4.78 is 26.3. The number of hydrogen-bond acceptors (Lipinski definition) is 4. The summed E-state index contributed by atoms with van der Waals surface area (Å²) in [6, 6.07) is 9.43. The Balaban J connectivity index is 2.14. The van der Waals surface area contributed by atoms with Crippen molar-refractivity contribution >= 4 is 23.0 Å². The van der Waals surface area contributed by atoms with E-state index < -0.39 is 11.9 Å². The molecule has 6 nitrogen and oxygen atoms in total. The molecule has 3 rings (SSSR count). The summed E-state index contributed by atoms with van der Waals surface area (Å²) in [4.78, 5) is 24.0. The van der Waals surface area contributed by atoms with Crippen LogP contribution in [0.3, 0.4) is 0 Å². The fourth-order valence-corrected chi connectivity index (χ4v) is 2.71. The van der Waals surface area contributed by atoms with Crippen LogP contribution in [0.5, 0.6) is 0 Å². The molecule has 0 unspecified atom stereocenters. The molecule has 0 saturated heterocycles. The molecule has 7 heteroatoms. The zero-order chi connectivity index (χ0) is 18.0. The number of benzene rings is 1. The lowest BCUT2D eigenvalue weighted by atomic mass is 10.3. The predicted octanol–water partition coefficient (Wildman–Crippen LogP) is 2.92. The van der Waals surface area contributed by atoms with E-state index in [-0.39, 0.29) is 24.7 Å². The quantitative estimate of drug-likeness (QED) is 0.668. The third kappa shape index (κ3) is 3.13.